The summed E-state index contributed by atoms with van der Waals surface area (Å²) in [7, 11) is 0. The Balaban J connectivity index is 2.11. The lowest BCUT2D eigenvalue weighted by atomic mass is 9.94. The number of hydrogen-bond acceptors (Lipinski definition) is 2. The summed E-state index contributed by atoms with van der Waals surface area (Å²) in [5.41, 5.74) is 2.24. The first-order chi connectivity index (χ1) is 10.8. The quantitative estimate of drug-likeness (QED) is 0.913. The highest BCUT2D eigenvalue weighted by molar-refractivity contribution is 5.81. The second-order valence-electron chi connectivity index (χ2n) is 8.10. The van der Waals surface area contributed by atoms with Crippen molar-refractivity contribution in [1.82, 2.24) is 10.2 Å². The number of carbonyl (C=O) groups is 1. The number of hydrogen-bond donors (Lipinski definition) is 1. The lowest BCUT2D eigenvalue weighted by Crippen LogP contribution is -2.44. The fraction of sp³-hybridized carbons (Fsp3) is 0.650. The van der Waals surface area contributed by atoms with Gasteiger partial charge in [0.05, 0.1) is 6.04 Å². The highest BCUT2D eigenvalue weighted by atomic mass is 16.2. The molecule has 128 valence electrons. The predicted octanol–water partition coefficient (Wildman–Crippen LogP) is 3.93. The van der Waals surface area contributed by atoms with Gasteiger partial charge in [0.25, 0.3) is 0 Å². The van der Waals surface area contributed by atoms with E-state index >= 15 is 0 Å². The first-order valence-electron chi connectivity index (χ1n) is 8.86. The number of carbonyl (C=O) groups excluding carboxylic acids is 1. The van der Waals surface area contributed by atoms with Crippen LogP contribution < -0.4 is 5.32 Å². The lowest BCUT2D eigenvalue weighted by Gasteiger charge is -2.37. The van der Waals surface area contributed by atoms with Gasteiger partial charge in [-0.15, -0.1) is 0 Å². The largest absolute Gasteiger partial charge is 0.354 e. The number of rotatable bonds is 4. The molecular formula is C20H32N2O. The SMILES string of the molecule is Cc1ccc(C(CNC(=O)C(C)(C)C)N2CCC(C)CC2)cc1. The Morgan fingerprint density at radius 1 is 1.22 bits per heavy atom. The normalized spacial score (nSPS) is 18.7. The molecule has 1 fully saturated rings. The molecule has 3 nitrogen and oxygen atoms in total. The molecule has 23 heavy (non-hydrogen) atoms. The highest BCUT2D eigenvalue weighted by Gasteiger charge is 2.27. The number of benzene rings is 1. The Morgan fingerprint density at radius 2 is 1.78 bits per heavy atom. The summed E-state index contributed by atoms with van der Waals surface area (Å²) >= 11 is 0. The molecule has 1 saturated heterocycles. The molecule has 0 aromatic heterocycles. The topological polar surface area (TPSA) is 32.3 Å². The lowest BCUT2D eigenvalue weighted by molar-refractivity contribution is -0.128. The van der Waals surface area contributed by atoms with Crippen LogP contribution in [0.25, 0.3) is 0 Å². The fourth-order valence-corrected chi connectivity index (χ4v) is 3.04. The molecule has 1 amide bonds. The van der Waals surface area contributed by atoms with Crippen molar-refractivity contribution in [3.8, 4) is 0 Å². The van der Waals surface area contributed by atoms with Crippen LogP contribution in [0.3, 0.4) is 0 Å². The molecule has 1 aromatic rings. The molecule has 0 spiro atoms. The minimum Gasteiger partial charge on any atom is -0.354 e. The third-order valence-electron chi connectivity index (χ3n) is 4.86. The van der Waals surface area contributed by atoms with Crippen molar-refractivity contribution in [1.29, 1.82) is 0 Å². The van der Waals surface area contributed by atoms with Crippen LogP contribution in [0.2, 0.25) is 0 Å². The van der Waals surface area contributed by atoms with Gasteiger partial charge in [0.1, 0.15) is 0 Å². The van der Waals surface area contributed by atoms with Gasteiger partial charge in [0, 0.05) is 12.0 Å². The molecule has 0 bridgehead atoms. The summed E-state index contributed by atoms with van der Waals surface area (Å²) in [6.07, 6.45) is 2.49. The monoisotopic (exact) mass is 316 g/mol. The van der Waals surface area contributed by atoms with E-state index < -0.39 is 0 Å². The van der Waals surface area contributed by atoms with Gasteiger partial charge in [-0.3, -0.25) is 9.69 Å². The molecule has 1 aromatic carbocycles. The second-order valence-corrected chi connectivity index (χ2v) is 8.10. The number of nitrogens with one attached hydrogen (secondary N) is 1. The van der Waals surface area contributed by atoms with E-state index in [1.807, 2.05) is 20.8 Å². The molecule has 0 radical (unpaired) electrons. The van der Waals surface area contributed by atoms with Gasteiger partial charge in [-0.05, 0) is 44.3 Å². The number of aryl methyl sites for hydroxylation is 1. The van der Waals surface area contributed by atoms with E-state index in [9.17, 15) is 4.79 Å². The van der Waals surface area contributed by atoms with Crippen LogP contribution in [-0.4, -0.2) is 30.4 Å². The summed E-state index contributed by atoms with van der Waals surface area (Å²) < 4.78 is 0. The summed E-state index contributed by atoms with van der Waals surface area (Å²) in [4.78, 5) is 14.8. The Labute approximate surface area is 141 Å². The van der Waals surface area contributed by atoms with Crippen LogP contribution in [0, 0.1) is 18.3 Å². The average molecular weight is 316 g/mol. The van der Waals surface area contributed by atoms with Crippen molar-refractivity contribution in [2.24, 2.45) is 11.3 Å². The minimum atomic E-state index is -0.339. The number of piperidine rings is 1. The molecule has 0 aliphatic carbocycles. The Morgan fingerprint density at radius 3 is 2.30 bits per heavy atom. The molecule has 3 heteroatoms. The molecule has 1 atom stereocenters. The van der Waals surface area contributed by atoms with Gasteiger partial charge in [0.15, 0.2) is 0 Å². The van der Waals surface area contributed by atoms with E-state index in [0.29, 0.717) is 6.54 Å². The molecule has 1 N–H and O–H groups in total. The van der Waals surface area contributed by atoms with Gasteiger partial charge in [-0.2, -0.15) is 0 Å². The summed E-state index contributed by atoms with van der Waals surface area (Å²) in [6, 6.07) is 9.03. The van der Waals surface area contributed by atoms with Gasteiger partial charge < -0.3 is 5.32 Å². The standard InChI is InChI=1S/C20H32N2O/c1-15-6-8-17(9-7-15)18(14-21-19(23)20(3,4)5)22-12-10-16(2)11-13-22/h6-9,16,18H,10-14H2,1-5H3,(H,21,23). The van der Waals surface area contributed by atoms with Crippen LogP contribution in [0.4, 0.5) is 0 Å². The molecule has 1 aliphatic rings. The minimum absolute atomic E-state index is 0.125. The Kier molecular flexibility index (Phi) is 5.85. The zero-order valence-electron chi connectivity index (χ0n) is 15.4. The predicted molar refractivity (Wildman–Crippen MR) is 96.4 cm³/mol. The van der Waals surface area contributed by atoms with Gasteiger partial charge in [0.2, 0.25) is 5.91 Å². The smallest absolute Gasteiger partial charge is 0.225 e. The first kappa shape index (κ1) is 18.0. The van der Waals surface area contributed by atoms with Crippen molar-refractivity contribution in [3.05, 3.63) is 35.4 Å². The van der Waals surface area contributed by atoms with Crippen LogP contribution in [-0.2, 0) is 4.79 Å². The number of amides is 1. The van der Waals surface area contributed by atoms with Crippen LogP contribution in [0.5, 0.6) is 0 Å². The number of nitrogens with zero attached hydrogens (tertiary/aromatic N) is 1. The molecule has 1 heterocycles. The molecule has 1 aliphatic heterocycles. The maximum atomic E-state index is 12.3. The highest BCUT2D eigenvalue weighted by Crippen LogP contribution is 2.27. The Bertz CT molecular complexity index is 507. The van der Waals surface area contributed by atoms with Crippen LogP contribution in [0.1, 0.15) is 57.7 Å². The second kappa shape index (κ2) is 7.48. The van der Waals surface area contributed by atoms with Crippen molar-refractivity contribution in [3.63, 3.8) is 0 Å². The summed E-state index contributed by atoms with van der Waals surface area (Å²) in [5.74, 6) is 0.939. The van der Waals surface area contributed by atoms with E-state index in [4.69, 9.17) is 0 Å². The first-order valence-corrected chi connectivity index (χ1v) is 8.86. The third kappa shape index (κ3) is 5.07. The van der Waals surface area contributed by atoms with E-state index in [1.54, 1.807) is 0 Å². The maximum Gasteiger partial charge on any atom is 0.225 e. The molecule has 0 saturated carbocycles. The van der Waals surface area contributed by atoms with Gasteiger partial charge >= 0.3 is 0 Å². The molecule has 1 unspecified atom stereocenters. The van der Waals surface area contributed by atoms with E-state index in [0.717, 1.165) is 19.0 Å². The van der Waals surface area contributed by atoms with Crippen molar-refractivity contribution >= 4 is 5.91 Å². The van der Waals surface area contributed by atoms with Crippen molar-refractivity contribution in [2.45, 2.75) is 53.5 Å². The number of likely N-dealkylation sites (tertiary alicyclic amines) is 1. The van der Waals surface area contributed by atoms with Crippen LogP contribution >= 0.6 is 0 Å². The third-order valence-corrected chi connectivity index (χ3v) is 4.86. The van der Waals surface area contributed by atoms with Gasteiger partial charge in [-0.1, -0.05) is 57.5 Å². The van der Waals surface area contributed by atoms with Crippen molar-refractivity contribution < 1.29 is 4.79 Å². The molecular weight excluding hydrogens is 284 g/mol. The summed E-state index contributed by atoms with van der Waals surface area (Å²) in [6.45, 7) is 13.3. The van der Waals surface area contributed by atoms with E-state index in [2.05, 4.69) is 48.3 Å². The average Bonchev–Trinajstić information content (AvgIpc) is 2.49. The van der Waals surface area contributed by atoms with E-state index in [1.165, 1.54) is 24.0 Å². The van der Waals surface area contributed by atoms with Crippen LogP contribution in [0.15, 0.2) is 24.3 Å². The zero-order valence-corrected chi connectivity index (χ0v) is 15.4. The zero-order chi connectivity index (χ0) is 17.0. The fourth-order valence-electron chi connectivity index (χ4n) is 3.04. The Hall–Kier alpha value is -1.35. The van der Waals surface area contributed by atoms with Crippen molar-refractivity contribution in [2.75, 3.05) is 19.6 Å². The van der Waals surface area contributed by atoms with E-state index in [-0.39, 0.29) is 17.4 Å². The molecule has 2 rings (SSSR count). The maximum absolute atomic E-state index is 12.3. The summed E-state index contributed by atoms with van der Waals surface area (Å²) in [5, 5.41) is 3.16. The van der Waals surface area contributed by atoms with Gasteiger partial charge in [-0.25, -0.2) is 0 Å².